The highest BCUT2D eigenvalue weighted by Gasteiger charge is 2.39. The molecule has 1 aliphatic heterocycles. The molecule has 0 aliphatic carbocycles. The molecule has 5 atom stereocenters. The first-order chi connectivity index (χ1) is 20.3. The first-order valence-corrected chi connectivity index (χ1v) is 14.4. The summed E-state index contributed by atoms with van der Waals surface area (Å²) in [6.07, 6.45) is -1.79. The lowest BCUT2D eigenvalue weighted by molar-refractivity contribution is -0.276. The summed E-state index contributed by atoms with van der Waals surface area (Å²) in [6.45, 7) is 3.54. The van der Waals surface area contributed by atoms with Gasteiger partial charge in [-0.2, -0.15) is 0 Å². The molecule has 0 unspecified atom stereocenters. The molecular weight excluding hydrogens is 528 g/mol. The third kappa shape index (κ3) is 7.07. The fourth-order valence-electron chi connectivity index (χ4n) is 5.59. The van der Waals surface area contributed by atoms with Crippen molar-refractivity contribution >= 4 is 0 Å². The molecule has 0 aromatic heterocycles. The van der Waals surface area contributed by atoms with Crippen LogP contribution < -0.4 is 5.73 Å². The first-order valence-electron chi connectivity index (χ1n) is 14.4. The molecule has 7 heteroatoms. The van der Waals surface area contributed by atoms with Gasteiger partial charge in [0.05, 0.1) is 24.9 Å². The largest absolute Gasteiger partial charge is 0.508 e. The van der Waals surface area contributed by atoms with Crippen molar-refractivity contribution < 1.29 is 24.8 Å². The predicted octanol–water partition coefficient (Wildman–Crippen LogP) is 5.47. The summed E-state index contributed by atoms with van der Waals surface area (Å²) in [5.74, 6) is 0.136. The van der Waals surface area contributed by atoms with Crippen molar-refractivity contribution in [1.29, 1.82) is 0 Å². The summed E-state index contributed by atoms with van der Waals surface area (Å²) >= 11 is 0. The summed E-state index contributed by atoms with van der Waals surface area (Å²) in [4.78, 5) is 2.05. The van der Waals surface area contributed by atoms with Crippen LogP contribution in [-0.2, 0) is 22.6 Å². The van der Waals surface area contributed by atoms with Gasteiger partial charge in [0.25, 0.3) is 0 Å². The zero-order chi connectivity index (χ0) is 29.6. The van der Waals surface area contributed by atoms with Crippen LogP contribution in [0.25, 0.3) is 11.1 Å². The minimum absolute atomic E-state index is 0.00556. The Balaban J connectivity index is 1.40. The topological polar surface area (TPSA) is 108 Å². The van der Waals surface area contributed by atoms with Crippen LogP contribution in [0.4, 0.5) is 0 Å². The Kier molecular flexibility index (Phi) is 9.69. The standard InChI is InChI=1S/C35H40N2O5/c1-23-33(21-37(2)20-32(40)29-9-5-11-31(39)18-29)41-35(42-34(23)26-14-12-24(22-38)13-15-26)30-10-4-8-28(17-30)27-7-3-6-25(16-27)19-36/h3-18,23,32-35,38-40H,19-22,36H2,1-2H3/t23-,32+,33+,34+,35+/m0/s1. The molecule has 220 valence electrons. The number of benzene rings is 4. The molecule has 4 aromatic carbocycles. The van der Waals surface area contributed by atoms with E-state index in [4.69, 9.17) is 15.2 Å². The van der Waals surface area contributed by atoms with E-state index in [1.165, 1.54) is 0 Å². The van der Waals surface area contributed by atoms with E-state index in [1.54, 1.807) is 18.2 Å². The van der Waals surface area contributed by atoms with Gasteiger partial charge in [-0.1, -0.05) is 79.7 Å². The number of aliphatic hydroxyl groups is 2. The molecule has 1 saturated heterocycles. The van der Waals surface area contributed by atoms with E-state index < -0.39 is 12.4 Å². The zero-order valence-electron chi connectivity index (χ0n) is 24.1. The molecule has 5 N–H and O–H groups in total. The number of hydrogen-bond acceptors (Lipinski definition) is 7. The Morgan fingerprint density at radius 1 is 0.833 bits per heavy atom. The summed E-state index contributed by atoms with van der Waals surface area (Å²) in [5.41, 5.74) is 12.5. The Bertz CT molecular complexity index is 1460. The fourth-order valence-corrected chi connectivity index (χ4v) is 5.59. The highest BCUT2D eigenvalue weighted by molar-refractivity contribution is 5.65. The van der Waals surface area contributed by atoms with Gasteiger partial charge in [-0.3, -0.25) is 0 Å². The van der Waals surface area contributed by atoms with Gasteiger partial charge in [-0.25, -0.2) is 0 Å². The summed E-state index contributed by atoms with van der Waals surface area (Å²) in [6, 6.07) is 31.0. The van der Waals surface area contributed by atoms with E-state index in [0.717, 1.165) is 33.4 Å². The maximum Gasteiger partial charge on any atom is 0.184 e. The van der Waals surface area contributed by atoms with Crippen LogP contribution in [0.2, 0.25) is 0 Å². The van der Waals surface area contributed by atoms with Crippen molar-refractivity contribution in [3.05, 3.63) is 125 Å². The van der Waals surface area contributed by atoms with E-state index in [9.17, 15) is 15.3 Å². The average molecular weight is 569 g/mol. The van der Waals surface area contributed by atoms with Crippen LogP contribution in [0.5, 0.6) is 5.75 Å². The first kappa shape index (κ1) is 29.9. The number of nitrogens with zero attached hydrogens (tertiary/aromatic N) is 1. The zero-order valence-corrected chi connectivity index (χ0v) is 24.1. The normalized spacial score (nSPS) is 21.4. The maximum atomic E-state index is 10.8. The molecule has 7 nitrogen and oxygen atoms in total. The SMILES string of the molecule is C[C@H]1[C@@H](CN(C)C[C@@H](O)c2cccc(O)c2)O[C@@H](c2cccc(-c3cccc(CN)c3)c2)O[C@H]1c1ccc(CO)cc1. The molecule has 0 spiro atoms. The van der Waals surface area contributed by atoms with E-state index in [0.29, 0.717) is 25.2 Å². The van der Waals surface area contributed by atoms with Crippen LogP contribution >= 0.6 is 0 Å². The number of aromatic hydroxyl groups is 1. The lowest BCUT2D eigenvalue weighted by Gasteiger charge is -2.42. The molecule has 0 radical (unpaired) electrons. The van der Waals surface area contributed by atoms with Gasteiger partial charge in [0, 0.05) is 31.1 Å². The summed E-state index contributed by atoms with van der Waals surface area (Å²) in [5, 5.41) is 30.2. The number of likely N-dealkylation sites (N-methyl/N-ethyl adjacent to an activating group) is 1. The number of phenolic OH excluding ortho intramolecular Hbond substituents is 1. The minimum Gasteiger partial charge on any atom is -0.508 e. The molecule has 42 heavy (non-hydrogen) atoms. The minimum atomic E-state index is -0.754. The Morgan fingerprint density at radius 2 is 1.55 bits per heavy atom. The molecule has 5 rings (SSSR count). The molecular formula is C35H40N2O5. The van der Waals surface area contributed by atoms with Gasteiger partial charge in [-0.05, 0) is 64.7 Å². The number of nitrogens with two attached hydrogens (primary N) is 1. The molecule has 1 heterocycles. The third-order valence-corrected chi connectivity index (χ3v) is 8.01. The van der Waals surface area contributed by atoms with Crippen LogP contribution in [-0.4, -0.2) is 46.5 Å². The maximum absolute atomic E-state index is 10.8. The summed E-state index contributed by atoms with van der Waals surface area (Å²) < 4.78 is 13.3. The second-order valence-electron chi connectivity index (χ2n) is 11.2. The Labute approximate surface area is 247 Å². The van der Waals surface area contributed by atoms with Gasteiger partial charge in [0.15, 0.2) is 6.29 Å². The highest BCUT2D eigenvalue weighted by Crippen LogP contribution is 2.42. The number of phenols is 1. The molecule has 0 amide bonds. The van der Waals surface area contributed by atoms with Crippen molar-refractivity contribution in [1.82, 2.24) is 4.90 Å². The van der Waals surface area contributed by atoms with Gasteiger partial charge < -0.3 is 35.4 Å². The second-order valence-corrected chi connectivity index (χ2v) is 11.2. The Morgan fingerprint density at radius 3 is 2.26 bits per heavy atom. The van der Waals surface area contributed by atoms with Crippen LogP contribution in [0.3, 0.4) is 0 Å². The quantitative estimate of drug-likeness (QED) is 0.201. The number of hydrogen-bond donors (Lipinski definition) is 4. The highest BCUT2D eigenvalue weighted by atomic mass is 16.7. The lowest BCUT2D eigenvalue weighted by Crippen LogP contribution is -2.44. The van der Waals surface area contributed by atoms with Crippen molar-refractivity contribution in [3.63, 3.8) is 0 Å². The molecule has 4 aromatic rings. The van der Waals surface area contributed by atoms with Crippen molar-refractivity contribution in [2.45, 2.75) is 44.7 Å². The van der Waals surface area contributed by atoms with E-state index in [1.807, 2.05) is 61.6 Å². The number of aliphatic hydroxyl groups excluding tert-OH is 2. The Hall–Kier alpha value is -3.56. The second kappa shape index (κ2) is 13.6. The summed E-state index contributed by atoms with van der Waals surface area (Å²) in [7, 11) is 1.96. The average Bonchev–Trinajstić information content (AvgIpc) is 3.02. The third-order valence-electron chi connectivity index (χ3n) is 8.01. The number of ether oxygens (including phenoxy) is 2. The fraction of sp³-hybridized carbons (Fsp3) is 0.314. The van der Waals surface area contributed by atoms with Crippen LogP contribution in [0.1, 0.15) is 53.2 Å². The molecule has 1 fully saturated rings. The van der Waals surface area contributed by atoms with Crippen LogP contribution in [0.15, 0.2) is 97.1 Å². The lowest BCUT2D eigenvalue weighted by atomic mass is 9.89. The predicted molar refractivity (Wildman–Crippen MR) is 163 cm³/mol. The van der Waals surface area contributed by atoms with Crippen LogP contribution in [0, 0.1) is 5.92 Å². The van der Waals surface area contributed by atoms with Crippen molar-refractivity contribution in [2.75, 3.05) is 20.1 Å². The van der Waals surface area contributed by atoms with Gasteiger partial charge in [-0.15, -0.1) is 0 Å². The van der Waals surface area contributed by atoms with Gasteiger partial charge >= 0.3 is 0 Å². The smallest absolute Gasteiger partial charge is 0.184 e. The molecule has 0 saturated carbocycles. The van der Waals surface area contributed by atoms with Crippen molar-refractivity contribution in [3.8, 4) is 16.9 Å². The number of rotatable bonds is 10. The van der Waals surface area contributed by atoms with Crippen molar-refractivity contribution in [2.24, 2.45) is 11.7 Å². The van der Waals surface area contributed by atoms with Gasteiger partial charge in [0.1, 0.15) is 5.75 Å². The van der Waals surface area contributed by atoms with E-state index in [-0.39, 0.29) is 30.5 Å². The van der Waals surface area contributed by atoms with E-state index >= 15 is 0 Å². The molecule has 1 aliphatic rings. The monoisotopic (exact) mass is 568 g/mol. The molecule has 0 bridgehead atoms. The van der Waals surface area contributed by atoms with E-state index in [2.05, 4.69) is 36.1 Å². The van der Waals surface area contributed by atoms with Gasteiger partial charge in [0.2, 0.25) is 0 Å².